The van der Waals surface area contributed by atoms with Crippen molar-refractivity contribution in [1.29, 1.82) is 0 Å². The molecule has 1 aliphatic rings. The maximum Gasteiger partial charge on any atom is 0.166 e. The van der Waals surface area contributed by atoms with Gasteiger partial charge in [0.2, 0.25) is 0 Å². The number of rotatable bonds is 1. The zero-order valence-electron chi connectivity index (χ0n) is 12.9. The zero-order valence-corrected chi connectivity index (χ0v) is 12.9. The third kappa shape index (κ3) is 2.71. The van der Waals surface area contributed by atoms with Crippen LogP contribution in [0.1, 0.15) is 47.7 Å². The van der Waals surface area contributed by atoms with Crippen molar-refractivity contribution < 1.29 is 4.79 Å². The van der Waals surface area contributed by atoms with Gasteiger partial charge in [0.25, 0.3) is 0 Å². The van der Waals surface area contributed by atoms with E-state index in [9.17, 15) is 4.79 Å². The van der Waals surface area contributed by atoms with Crippen LogP contribution in [0.4, 0.5) is 0 Å². The Morgan fingerprint density at radius 3 is 2.38 bits per heavy atom. The van der Waals surface area contributed by atoms with Crippen LogP contribution < -0.4 is 0 Å². The highest BCUT2D eigenvalue weighted by atomic mass is 16.1. The lowest BCUT2D eigenvalue weighted by Crippen LogP contribution is -2.28. The molecule has 4 nitrogen and oxygen atoms in total. The number of Topliss-reactive ketones (excluding diaryl/α,β-unsaturated/α-hetero) is 1. The van der Waals surface area contributed by atoms with Crippen molar-refractivity contribution in [3.05, 3.63) is 41.0 Å². The first-order chi connectivity index (χ1) is 9.84. The summed E-state index contributed by atoms with van der Waals surface area (Å²) >= 11 is 0. The Balaban J connectivity index is 2.09. The second-order valence-corrected chi connectivity index (χ2v) is 6.63. The minimum absolute atomic E-state index is 0.0280. The van der Waals surface area contributed by atoms with Gasteiger partial charge in [0.15, 0.2) is 11.6 Å². The molecule has 0 saturated heterocycles. The molecule has 0 bridgehead atoms. The molecule has 0 atom stereocenters. The van der Waals surface area contributed by atoms with Crippen molar-refractivity contribution in [2.24, 2.45) is 5.41 Å². The molecule has 1 aliphatic carbocycles. The number of ketones is 1. The summed E-state index contributed by atoms with van der Waals surface area (Å²) in [5.74, 6) is 0.822. The summed E-state index contributed by atoms with van der Waals surface area (Å²) < 4.78 is 0. The summed E-state index contributed by atoms with van der Waals surface area (Å²) in [6.07, 6.45) is 3.06. The van der Waals surface area contributed by atoms with Crippen LogP contribution >= 0.6 is 0 Å². The van der Waals surface area contributed by atoms with Crippen molar-refractivity contribution in [3.63, 3.8) is 0 Å². The molecule has 0 aliphatic heterocycles. The smallest absolute Gasteiger partial charge is 0.166 e. The predicted molar refractivity (Wildman–Crippen MR) is 81.2 cm³/mol. The Hall–Kier alpha value is -2.10. The number of aromatic nitrogens is 3. The summed E-state index contributed by atoms with van der Waals surface area (Å²) in [6.45, 7) is 8.13. The standard InChI is InChI=1S/C17H19N3O/c1-10-5-12(6-11(2)19-10)16-18-9-13-14(20-16)7-17(3,4)8-15(13)21/h5-6,9H,7-8H2,1-4H3. The number of nitrogens with zero attached hydrogens (tertiary/aromatic N) is 3. The highest BCUT2D eigenvalue weighted by molar-refractivity contribution is 5.98. The van der Waals surface area contributed by atoms with E-state index in [1.807, 2.05) is 26.0 Å². The van der Waals surface area contributed by atoms with Gasteiger partial charge in [-0.25, -0.2) is 9.97 Å². The quantitative estimate of drug-likeness (QED) is 0.804. The maximum atomic E-state index is 12.2. The number of aryl methyl sites for hydroxylation is 2. The van der Waals surface area contributed by atoms with E-state index in [-0.39, 0.29) is 11.2 Å². The van der Waals surface area contributed by atoms with Crippen LogP contribution in [0.2, 0.25) is 0 Å². The molecule has 0 N–H and O–H groups in total. The summed E-state index contributed by atoms with van der Waals surface area (Å²) in [4.78, 5) is 25.6. The number of carbonyl (C=O) groups excluding carboxylic acids is 1. The molecular formula is C17H19N3O. The number of carbonyl (C=O) groups is 1. The summed E-state index contributed by atoms with van der Waals surface area (Å²) in [7, 11) is 0. The van der Waals surface area contributed by atoms with Crippen LogP contribution in [0.3, 0.4) is 0 Å². The van der Waals surface area contributed by atoms with Crippen molar-refractivity contribution in [2.45, 2.75) is 40.5 Å². The fraction of sp³-hybridized carbons (Fsp3) is 0.412. The van der Waals surface area contributed by atoms with Gasteiger partial charge in [0.05, 0.1) is 11.3 Å². The van der Waals surface area contributed by atoms with Gasteiger partial charge in [-0.3, -0.25) is 9.78 Å². The number of pyridine rings is 1. The van der Waals surface area contributed by atoms with Gasteiger partial charge >= 0.3 is 0 Å². The maximum absolute atomic E-state index is 12.2. The van der Waals surface area contributed by atoms with Gasteiger partial charge in [-0.2, -0.15) is 0 Å². The average molecular weight is 281 g/mol. The Morgan fingerprint density at radius 1 is 1.05 bits per heavy atom. The van der Waals surface area contributed by atoms with E-state index >= 15 is 0 Å². The third-order valence-corrected chi connectivity index (χ3v) is 3.79. The number of fused-ring (bicyclic) bond motifs is 1. The molecular weight excluding hydrogens is 262 g/mol. The first-order valence-corrected chi connectivity index (χ1v) is 7.19. The normalized spacial score (nSPS) is 16.7. The van der Waals surface area contributed by atoms with E-state index in [0.717, 1.165) is 29.1 Å². The molecule has 2 aromatic rings. The second-order valence-electron chi connectivity index (χ2n) is 6.63. The molecule has 0 spiro atoms. The molecule has 0 saturated carbocycles. The van der Waals surface area contributed by atoms with Crippen LogP contribution in [-0.4, -0.2) is 20.7 Å². The van der Waals surface area contributed by atoms with Crippen LogP contribution in [0, 0.1) is 19.3 Å². The Kier molecular flexibility index (Phi) is 3.12. The van der Waals surface area contributed by atoms with Gasteiger partial charge in [-0.15, -0.1) is 0 Å². The largest absolute Gasteiger partial charge is 0.294 e. The molecule has 21 heavy (non-hydrogen) atoms. The zero-order chi connectivity index (χ0) is 15.2. The molecule has 0 radical (unpaired) electrons. The van der Waals surface area contributed by atoms with E-state index in [1.54, 1.807) is 6.20 Å². The minimum atomic E-state index is -0.0280. The predicted octanol–water partition coefficient (Wildman–Crippen LogP) is 3.31. The van der Waals surface area contributed by atoms with E-state index in [2.05, 4.69) is 28.8 Å². The molecule has 0 unspecified atom stereocenters. The van der Waals surface area contributed by atoms with Crippen LogP contribution in [-0.2, 0) is 6.42 Å². The summed E-state index contributed by atoms with van der Waals surface area (Å²) in [6, 6.07) is 3.95. The topological polar surface area (TPSA) is 55.7 Å². The molecule has 2 heterocycles. The van der Waals surface area contributed by atoms with Crippen molar-refractivity contribution in [3.8, 4) is 11.4 Å². The van der Waals surface area contributed by atoms with Gasteiger partial charge in [0.1, 0.15) is 0 Å². The average Bonchev–Trinajstić information content (AvgIpc) is 2.35. The lowest BCUT2D eigenvalue weighted by molar-refractivity contribution is 0.0910. The molecule has 0 amide bonds. The van der Waals surface area contributed by atoms with E-state index in [0.29, 0.717) is 17.8 Å². The van der Waals surface area contributed by atoms with Gasteiger partial charge in [-0.1, -0.05) is 13.8 Å². The summed E-state index contributed by atoms with van der Waals surface area (Å²) in [5, 5.41) is 0. The molecule has 3 rings (SSSR count). The minimum Gasteiger partial charge on any atom is -0.294 e. The SMILES string of the molecule is Cc1cc(-c2ncc3c(n2)CC(C)(C)CC3=O)cc(C)n1. The van der Waals surface area contributed by atoms with Crippen LogP contribution in [0.5, 0.6) is 0 Å². The van der Waals surface area contributed by atoms with Crippen molar-refractivity contribution in [2.75, 3.05) is 0 Å². The van der Waals surface area contributed by atoms with Gasteiger partial charge in [-0.05, 0) is 37.8 Å². The molecule has 0 fully saturated rings. The highest BCUT2D eigenvalue weighted by Crippen LogP contribution is 2.34. The first kappa shape index (κ1) is 13.9. The van der Waals surface area contributed by atoms with Crippen molar-refractivity contribution in [1.82, 2.24) is 15.0 Å². The third-order valence-electron chi connectivity index (χ3n) is 3.79. The first-order valence-electron chi connectivity index (χ1n) is 7.19. The Bertz CT molecular complexity index is 715. The van der Waals surface area contributed by atoms with Gasteiger partial charge in [0, 0.05) is 29.6 Å². The Labute approximate surface area is 124 Å². The number of hydrogen-bond donors (Lipinski definition) is 0. The molecule has 0 aromatic carbocycles. The fourth-order valence-corrected chi connectivity index (χ4v) is 2.93. The van der Waals surface area contributed by atoms with Crippen molar-refractivity contribution >= 4 is 5.78 Å². The molecule has 108 valence electrons. The lowest BCUT2D eigenvalue weighted by atomic mass is 9.76. The highest BCUT2D eigenvalue weighted by Gasteiger charge is 2.32. The lowest BCUT2D eigenvalue weighted by Gasteiger charge is -2.29. The van der Waals surface area contributed by atoms with Crippen LogP contribution in [0.25, 0.3) is 11.4 Å². The number of hydrogen-bond acceptors (Lipinski definition) is 4. The summed E-state index contributed by atoms with van der Waals surface area (Å²) in [5.41, 5.74) is 4.37. The van der Waals surface area contributed by atoms with Gasteiger partial charge < -0.3 is 0 Å². The van der Waals surface area contributed by atoms with Crippen LogP contribution in [0.15, 0.2) is 18.3 Å². The fourth-order valence-electron chi connectivity index (χ4n) is 2.93. The van der Waals surface area contributed by atoms with E-state index in [1.165, 1.54) is 0 Å². The van der Waals surface area contributed by atoms with E-state index < -0.39 is 0 Å². The monoisotopic (exact) mass is 281 g/mol. The Morgan fingerprint density at radius 2 is 1.71 bits per heavy atom. The second kappa shape index (κ2) is 4.72. The molecule has 4 heteroatoms. The molecule has 2 aromatic heterocycles. The van der Waals surface area contributed by atoms with E-state index in [4.69, 9.17) is 0 Å².